The van der Waals surface area contributed by atoms with Gasteiger partial charge in [0.15, 0.2) is 0 Å². The highest BCUT2D eigenvalue weighted by atomic mass is 16.5. The molecule has 1 atom stereocenters. The first-order valence-corrected chi connectivity index (χ1v) is 7.55. The van der Waals surface area contributed by atoms with Gasteiger partial charge in [0, 0.05) is 0 Å². The molecule has 2 aromatic rings. The van der Waals surface area contributed by atoms with Crippen molar-refractivity contribution in [1.29, 1.82) is 0 Å². The number of ether oxygens (including phenoxy) is 1. The maximum atomic E-state index is 10.6. The Morgan fingerprint density at radius 1 is 0.810 bits per heavy atom. The molecule has 2 aromatic carbocycles. The Labute approximate surface area is 126 Å². The average Bonchev–Trinajstić information content (AvgIpc) is 2.54. The summed E-state index contributed by atoms with van der Waals surface area (Å²) in [5.74, 6) is 0. The van der Waals surface area contributed by atoms with Crippen LogP contribution in [0.15, 0.2) is 60.7 Å². The minimum Gasteiger partial charge on any atom is -0.465 e. The molecule has 0 aromatic heterocycles. The second-order valence-electron chi connectivity index (χ2n) is 5.26. The van der Waals surface area contributed by atoms with Crippen molar-refractivity contribution < 1.29 is 9.53 Å². The number of carbonyl (C=O) groups excluding carboxylic acids is 1. The fraction of sp³-hybridized carbons (Fsp3) is 0.316. The molecule has 0 aliphatic heterocycles. The Morgan fingerprint density at radius 3 is 1.95 bits per heavy atom. The summed E-state index contributed by atoms with van der Waals surface area (Å²) < 4.78 is 5.22. The molecule has 0 aliphatic rings. The Hall–Kier alpha value is -2.09. The Bertz CT molecular complexity index is 508. The van der Waals surface area contributed by atoms with Crippen LogP contribution in [-0.2, 0) is 22.4 Å². The molecule has 0 aliphatic carbocycles. The zero-order valence-electron chi connectivity index (χ0n) is 12.3. The summed E-state index contributed by atoms with van der Waals surface area (Å²) in [6, 6.07) is 20.8. The van der Waals surface area contributed by atoms with Crippen molar-refractivity contribution in [3.05, 3.63) is 71.8 Å². The van der Waals surface area contributed by atoms with E-state index in [0.29, 0.717) is 6.47 Å². The highest BCUT2D eigenvalue weighted by molar-refractivity contribution is 5.37. The van der Waals surface area contributed by atoms with Crippen LogP contribution >= 0.6 is 0 Å². The monoisotopic (exact) mass is 282 g/mol. The number of aryl methyl sites for hydroxylation is 2. The molecule has 21 heavy (non-hydrogen) atoms. The third-order valence-electron chi connectivity index (χ3n) is 3.68. The lowest BCUT2D eigenvalue weighted by Crippen LogP contribution is -2.13. The highest BCUT2D eigenvalue weighted by Crippen LogP contribution is 2.13. The summed E-state index contributed by atoms with van der Waals surface area (Å²) in [5, 5.41) is 0. The van der Waals surface area contributed by atoms with E-state index in [2.05, 4.69) is 36.4 Å². The van der Waals surface area contributed by atoms with E-state index in [1.807, 2.05) is 24.3 Å². The predicted molar refractivity (Wildman–Crippen MR) is 85.1 cm³/mol. The van der Waals surface area contributed by atoms with Gasteiger partial charge in [-0.1, -0.05) is 60.7 Å². The van der Waals surface area contributed by atoms with E-state index < -0.39 is 0 Å². The third-order valence-corrected chi connectivity index (χ3v) is 3.68. The van der Waals surface area contributed by atoms with Crippen molar-refractivity contribution in [3.8, 4) is 0 Å². The molecule has 0 radical (unpaired) electrons. The van der Waals surface area contributed by atoms with Gasteiger partial charge >= 0.3 is 0 Å². The molecule has 2 heteroatoms. The second-order valence-corrected chi connectivity index (χ2v) is 5.26. The van der Waals surface area contributed by atoms with Gasteiger partial charge < -0.3 is 4.74 Å². The van der Waals surface area contributed by atoms with E-state index in [9.17, 15) is 4.79 Å². The van der Waals surface area contributed by atoms with Gasteiger partial charge in [-0.2, -0.15) is 0 Å². The molecule has 1 unspecified atom stereocenters. The predicted octanol–water partition coefficient (Wildman–Crippen LogP) is 4.18. The first kappa shape index (κ1) is 15.3. The zero-order valence-corrected chi connectivity index (χ0v) is 12.3. The van der Waals surface area contributed by atoms with Gasteiger partial charge in [-0.05, 0) is 43.2 Å². The lowest BCUT2D eigenvalue weighted by atomic mass is 10.0. The van der Waals surface area contributed by atoms with E-state index >= 15 is 0 Å². The smallest absolute Gasteiger partial charge is 0.293 e. The summed E-state index contributed by atoms with van der Waals surface area (Å²) in [7, 11) is 0. The van der Waals surface area contributed by atoms with Gasteiger partial charge in [0.25, 0.3) is 6.47 Å². The van der Waals surface area contributed by atoms with Crippen LogP contribution < -0.4 is 0 Å². The van der Waals surface area contributed by atoms with Crippen LogP contribution in [0.25, 0.3) is 0 Å². The van der Waals surface area contributed by atoms with Gasteiger partial charge in [-0.25, -0.2) is 0 Å². The summed E-state index contributed by atoms with van der Waals surface area (Å²) in [6.07, 6.45) is 4.84. The normalized spacial score (nSPS) is 11.8. The van der Waals surface area contributed by atoms with Crippen LogP contribution in [0.1, 0.15) is 30.4 Å². The van der Waals surface area contributed by atoms with Crippen LogP contribution in [0.5, 0.6) is 0 Å². The first-order valence-electron chi connectivity index (χ1n) is 7.55. The first-order chi connectivity index (χ1) is 10.4. The fourth-order valence-corrected chi connectivity index (χ4v) is 2.51. The lowest BCUT2D eigenvalue weighted by Gasteiger charge is -2.15. The van der Waals surface area contributed by atoms with Gasteiger partial charge in [0.1, 0.15) is 6.10 Å². The molecule has 110 valence electrons. The molecule has 0 saturated heterocycles. The van der Waals surface area contributed by atoms with Crippen LogP contribution in [0.4, 0.5) is 0 Å². The number of hydrogen-bond donors (Lipinski definition) is 0. The zero-order chi connectivity index (χ0) is 14.8. The Kier molecular flexibility index (Phi) is 6.53. The minimum atomic E-state index is 0.0198. The second kappa shape index (κ2) is 8.96. The summed E-state index contributed by atoms with van der Waals surface area (Å²) >= 11 is 0. The number of hydrogen-bond acceptors (Lipinski definition) is 2. The van der Waals surface area contributed by atoms with Crippen molar-refractivity contribution in [1.82, 2.24) is 0 Å². The topological polar surface area (TPSA) is 26.3 Å². The van der Waals surface area contributed by atoms with E-state index in [4.69, 9.17) is 4.74 Å². The summed E-state index contributed by atoms with van der Waals surface area (Å²) in [4.78, 5) is 10.6. The SMILES string of the molecule is O=COC(CCCc1ccccc1)CCc1ccccc1. The van der Waals surface area contributed by atoms with Crippen LogP contribution in [0, 0.1) is 0 Å². The molecular weight excluding hydrogens is 260 g/mol. The molecule has 0 fully saturated rings. The van der Waals surface area contributed by atoms with Gasteiger partial charge in [-0.15, -0.1) is 0 Å². The fourth-order valence-electron chi connectivity index (χ4n) is 2.51. The van der Waals surface area contributed by atoms with E-state index in [-0.39, 0.29) is 6.10 Å². The summed E-state index contributed by atoms with van der Waals surface area (Å²) in [5.41, 5.74) is 2.63. The van der Waals surface area contributed by atoms with Gasteiger partial charge in [0.2, 0.25) is 0 Å². The number of carbonyl (C=O) groups is 1. The molecule has 0 bridgehead atoms. The Morgan fingerprint density at radius 2 is 1.38 bits per heavy atom. The molecule has 2 nitrogen and oxygen atoms in total. The standard InChI is InChI=1S/C19H22O2/c20-16-21-19(15-14-18-10-5-2-6-11-18)13-7-12-17-8-3-1-4-9-17/h1-6,8-11,16,19H,7,12-15H2. The quantitative estimate of drug-likeness (QED) is 0.645. The average molecular weight is 282 g/mol. The number of benzene rings is 2. The largest absolute Gasteiger partial charge is 0.465 e. The minimum absolute atomic E-state index is 0.0198. The maximum absolute atomic E-state index is 10.6. The Balaban J connectivity index is 1.75. The highest BCUT2D eigenvalue weighted by Gasteiger charge is 2.09. The van der Waals surface area contributed by atoms with E-state index in [0.717, 1.165) is 32.1 Å². The molecule has 0 saturated carbocycles. The third kappa shape index (κ3) is 5.82. The maximum Gasteiger partial charge on any atom is 0.293 e. The molecular formula is C19H22O2. The van der Waals surface area contributed by atoms with Crippen molar-refractivity contribution in [3.63, 3.8) is 0 Å². The van der Waals surface area contributed by atoms with Crippen molar-refractivity contribution in [2.75, 3.05) is 0 Å². The lowest BCUT2D eigenvalue weighted by molar-refractivity contribution is -0.134. The molecule has 0 N–H and O–H groups in total. The van der Waals surface area contributed by atoms with Gasteiger partial charge in [-0.3, -0.25) is 4.79 Å². The molecule has 2 rings (SSSR count). The van der Waals surface area contributed by atoms with E-state index in [1.54, 1.807) is 0 Å². The molecule has 0 spiro atoms. The van der Waals surface area contributed by atoms with E-state index in [1.165, 1.54) is 11.1 Å². The summed E-state index contributed by atoms with van der Waals surface area (Å²) in [6.45, 7) is 0.582. The van der Waals surface area contributed by atoms with Crippen LogP contribution in [-0.4, -0.2) is 12.6 Å². The van der Waals surface area contributed by atoms with Crippen molar-refractivity contribution >= 4 is 6.47 Å². The van der Waals surface area contributed by atoms with Crippen LogP contribution in [0.2, 0.25) is 0 Å². The molecule has 0 amide bonds. The van der Waals surface area contributed by atoms with Crippen molar-refractivity contribution in [2.45, 2.75) is 38.2 Å². The van der Waals surface area contributed by atoms with Gasteiger partial charge in [0.05, 0.1) is 0 Å². The molecule has 0 heterocycles. The van der Waals surface area contributed by atoms with Crippen LogP contribution in [0.3, 0.4) is 0 Å². The number of rotatable bonds is 9. The van der Waals surface area contributed by atoms with Crippen molar-refractivity contribution in [2.24, 2.45) is 0 Å².